The second kappa shape index (κ2) is 17.3. The zero-order valence-electron chi connectivity index (χ0n) is 31.3. The first-order valence-electron chi connectivity index (χ1n) is 18.0. The number of rotatable bonds is 16. The maximum atomic E-state index is 6.29. The average Bonchev–Trinajstić information content (AvgIpc) is 3.89. The quantitative estimate of drug-likeness (QED) is 0.105. The van der Waals surface area contributed by atoms with Crippen molar-refractivity contribution in [2.75, 3.05) is 88.0 Å². The molecule has 4 aromatic carbocycles. The molecule has 0 aliphatic carbocycles. The van der Waals surface area contributed by atoms with Crippen molar-refractivity contribution in [3.63, 3.8) is 0 Å². The van der Waals surface area contributed by atoms with E-state index in [0.717, 1.165) is 83.7 Å². The van der Waals surface area contributed by atoms with Gasteiger partial charge in [0.15, 0.2) is 40.6 Å². The van der Waals surface area contributed by atoms with E-state index in [1.165, 1.54) is 4.70 Å². The smallest absolute Gasteiger partial charge is 0.203 e. The molecule has 13 heteroatoms. The molecule has 54 heavy (non-hydrogen) atoms. The van der Waals surface area contributed by atoms with Crippen molar-refractivity contribution in [2.24, 2.45) is 5.16 Å². The zero-order chi connectivity index (χ0) is 37.4. The maximum Gasteiger partial charge on any atom is 0.203 e. The summed E-state index contributed by atoms with van der Waals surface area (Å²) in [6.07, 6.45) is 0.303. The van der Waals surface area contributed by atoms with Gasteiger partial charge in [-0.05, 0) is 60.2 Å². The first-order valence-corrected chi connectivity index (χ1v) is 18.8. The molecule has 1 atom stereocenters. The van der Waals surface area contributed by atoms with Crippen LogP contribution < -0.4 is 33.2 Å². The van der Waals surface area contributed by atoms with Crippen molar-refractivity contribution in [2.45, 2.75) is 12.5 Å². The van der Waals surface area contributed by atoms with Gasteiger partial charge in [0.1, 0.15) is 18.2 Å². The van der Waals surface area contributed by atoms with Crippen LogP contribution in [-0.2, 0) is 4.84 Å². The summed E-state index contributed by atoms with van der Waals surface area (Å²) in [7, 11) is 8.10. The molecule has 1 fully saturated rings. The number of para-hydroxylation sites is 1. The van der Waals surface area contributed by atoms with Crippen molar-refractivity contribution >= 4 is 27.3 Å². The number of piperazine rings is 1. The third-order valence-electron chi connectivity index (χ3n) is 9.73. The van der Waals surface area contributed by atoms with Gasteiger partial charge in [-0.2, -0.15) is 0 Å². The van der Waals surface area contributed by atoms with Gasteiger partial charge in [-0.1, -0.05) is 23.4 Å². The molecule has 0 amide bonds. The standard InChI is InChI=1S/C41H46N4O8S/c1-46-32-12-10-27(34-26-31(43-53-34)29-24-37(48-3)40(50-5)38(25-29)49-4)22-35(32)51-20-18-44-14-16-45(17-15-44)19-21-52-36-23-28(11-13-33(36)47-2)41-42-30-8-6-7-9-39(30)54-41/h6-13,22-25,34H,14-21,26H2,1-5H3. The lowest BCUT2D eigenvalue weighted by molar-refractivity contribution is 0.0852. The van der Waals surface area contributed by atoms with Crippen LogP contribution in [0.1, 0.15) is 23.7 Å². The molecule has 12 nitrogen and oxygen atoms in total. The molecule has 284 valence electrons. The van der Waals surface area contributed by atoms with Gasteiger partial charge in [-0.25, -0.2) is 4.98 Å². The van der Waals surface area contributed by atoms with Gasteiger partial charge in [0.2, 0.25) is 5.75 Å². The summed E-state index contributed by atoms with van der Waals surface area (Å²) < 4.78 is 41.5. The fourth-order valence-electron chi connectivity index (χ4n) is 6.70. The number of hydrogen-bond acceptors (Lipinski definition) is 13. The summed E-state index contributed by atoms with van der Waals surface area (Å²) in [5, 5.41) is 5.37. The van der Waals surface area contributed by atoms with Crippen molar-refractivity contribution in [1.29, 1.82) is 0 Å². The van der Waals surface area contributed by atoms with E-state index in [1.54, 1.807) is 46.9 Å². The number of methoxy groups -OCH3 is 5. The summed E-state index contributed by atoms with van der Waals surface area (Å²) >= 11 is 1.68. The highest BCUT2D eigenvalue weighted by atomic mass is 32.1. The van der Waals surface area contributed by atoms with E-state index in [1.807, 2.05) is 66.7 Å². The number of fused-ring (bicyclic) bond motifs is 1. The molecule has 0 radical (unpaired) electrons. The topological polar surface area (TPSA) is 106 Å². The second-order valence-electron chi connectivity index (χ2n) is 12.9. The number of oxime groups is 1. The van der Waals surface area contributed by atoms with Crippen molar-refractivity contribution in [3.8, 4) is 50.8 Å². The fraction of sp³-hybridized carbons (Fsp3) is 0.366. The number of benzene rings is 4. The highest BCUT2D eigenvalue weighted by Gasteiger charge is 2.27. The van der Waals surface area contributed by atoms with Gasteiger partial charge in [-0.3, -0.25) is 9.80 Å². The van der Waals surface area contributed by atoms with Crippen LogP contribution in [0.5, 0.6) is 40.2 Å². The Morgan fingerprint density at radius 1 is 0.648 bits per heavy atom. The monoisotopic (exact) mass is 754 g/mol. The minimum Gasteiger partial charge on any atom is -0.493 e. The predicted molar refractivity (Wildman–Crippen MR) is 210 cm³/mol. The summed E-state index contributed by atoms with van der Waals surface area (Å²) in [6.45, 7) is 6.56. The van der Waals surface area contributed by atoms with Crippen LogP contribution in [0.25, 0.3) is 20.8 Å². The largest absolute Gasteiger partial charge is 0.493 e. The van der Waals surface area contributed by atoms with Gasteiger partial charge in [-0.15, -0.1) is 11.3 Å². The molecule has 2 aliphatic rings. The molecule has 1 unspecified atom stereocenters. The Balaban J connectivity index is 0.877. The Kier molecular flexibility index (Phi) is 11.9. The van der Waals surface area contributed by atoms with E-state index < -0.39 is 0 Å². The van der Waals surface area contributed by atoms with Gasteiger partial charge < -0.3 is 38.0 Å². The molecule has 2 aliphatic heterocycles. The van der Waals surface area contributed by atoms with Crippen LogP contribution in [0.3, 0.4) is 0 Å². The lowest BCUT2D eigenvalue weighted by atomic mass is 9.99. The molecule has 1 saturated heterocycles. The Hall–Kier alpha value is -5.24. The number of aromatic nitrogens is 1. The number of nitrogens with zero attached hydrogens (tertiary/aromatic N) is 4. The van der Waals surface area contributed by atoms with Crippen LogP contribution >= 0.6 is 11.3 Å². The number of ether oxygens (including phenoxy) is 7. The average molecular weight is 755 g/mol. The molecular weight excluding hydrogens is 709 g/mol. The Morgan fingerprint density at radius 2 is 1.24 bits per heavy atom. The SMILES string of the molecule is COc1ccc(-c2nc3ccccc3s2)cc1OCCN1CCN(CCOc2cc(C3CC(c4cc(OC)c(OC)c(OC)c4)=NO3)ccc2OC)CC1. The molecule has 5 aromatic rings. The zero-order valence-corrected chi connectivity index (χ0v) is 32.1. The van der Waals surface area contributed by atoms with Crippen molar-refractivity contribution in [3.05, 3.63) is 83.9 Å². The predicted octanol–water partition coefficient (Wildman–Crippen LogP) is 6.95. The van der Waals surface area contributed by atoms with Crippen LogP contribution in [0, 0.1) is 0 Å². The molecule has 0 saturated carbocycles. The van der Waals surface area contributed by atoms with E-state index in [9.17, 15) is 0 Å². The first-order chi connectivity index (χ1) is 26.5. The highest BCUT2D eigenvalue weighted by molar-refractivity contribution is 7.21. The lowest BCUT2D eigenvalue weighted by Crippen LogP contribution is -2.48. The summed E-state index contributed by atoms with van der Waals surface area (Å²) in [6, 6.07) is 23.9. The highest BCUT2D eigenvalue weighted by Crippen LogP contribution is 2.41. The van der Waals surface area contributed by atoms with E-state index in [2.05, 4.69) is 21.0 Å². The van der Waals surface area contributed by atoms with Crippen LogP contribution in [0.2, 0.25) is 0 Å². The molecule has 0 N–H and O–H groups in total. The van der Waals surface area contributed by atoms with E-state index in [-0.39, 0.29) is 6.10 Å². The Labute approximate surface area is 319 Å². The Bertz CT molecular complexity index is 2020. The normalized spacial score (nSPS) is 16.1. The fourth-order valence-corrected chi connectivity index (χ4v) is 7.67. The minimum absolute atomic E-state index is 0.270. The summed E-state index contributed by atoms with van der Waals surface area (Å²) in [5.74, 6) is 4.46. The van der Waals surface area contributed by atoms with Gasteiger partial charge >= 0.3 is 0 Å². The molecule has 1 aromatic heterocycles. The van der Waals surface area contributed by atoms with E-state index in [0.29, 0.717) is 48.4 Å². The lowest BCUT2D eigenvalue weighted by Gasteiger charge is -2.34. The second-order valence-corrected chi connectivity index (χ2v) is 13.9. The number of hydrogen-bond donors (Lipinski definition) is 0. The van der Waals surface area contributed by atoms with Gasteiger partial charge in [0, 0.05) is 56.8 Å². The van der Waals surface area contributed by atoms with E-state index in [4.69, 9.17) is 43.0 Å². The molecule has 0 spiro atoms. The number of thiazole rings is 1. The van der Waals surface area contributed by atoms with E-state index >= 15 is 0 Å². The van der Waals surface area contributed by atoms with Crippen LogP contribution in [0.4, 0.5) is 0 Å². The summed E-state index contributed by atoms with van der Waals surface area (Å²) in [4.78, 5) is 15.6. The first kappa shape index (κ1) is 37.1. The molecular formula is C41H46N4O8S. The Morgan fingerprint density at radius 3 is 1.85 bits per heavy atom. The third-order valence-corrected chi connectivity index (χ3v) is 10.8. The van der Waals surface area contributed by atoms with Gasteiger partial charge in [0.25, 0.3) is 0 Å². The van der Waals surface area contributed by atoms with Crippen LogP contribution in [0.15, 0.2) is 78.0 Å². The van der Waals surface area contributed by atoms with Crippen LogP contribution in [-0.4, -0.2) is 109 Å². The van der Waals surface area contributed by atoms with Crippen molar-refractivity contribution in [1.82, 2.24) is 14.8 Å². The minimum atomic E-state index is -0.270. The van der Waals surface area contributed by atoms with Gasteiger partial charge in [0.05, 0.1) is 51.5 Å². The molecule has 0 bridgehead atoms. The maximum absolute atomic E-state index is 6.29. The molecule has 3 heterocycles. The molecule has 7 rings (SSSR count). The van der Waals surface area contributed by atoms with Crippen molar-refractivity contribution < 1.29 is 38.0 Å². The third kappa shape index (κ3) is 8.28. The summed E-state index contributed by atoms with van der Waals surface area (Å²) in [5.41, 5.74) is 4.61.